The number of carbonyl (C=O) groups is 2. The Hall–Kier alpha value is -1.89. The quantitative estimate of drug-likeness (QED) is 0.342. The third kappa shape index (κ3) is 4.67. The van der Waals surface area contributed by atoms with Gasteiger partial charge in [0, 0.05) is 18.4 Å². The Balaban J connectivity index is 1.62. The molecule has 0 aromatic carbocycles. The van der Waals surface area contributed by atoms with Crippen molar-refractivity contribution in [1.82, 2.24) is 5.32 Å². The topological polar surface area (TPSA) is 70.0 Å². The molecular formula is C37H56N2O2. The number of amides is 1. The third-order valence-electron chi connectivity index (χ3n) is 13.5. The Morgan fingerprint density at radius 3 is 2.41 bits per heavy atom. The molecule has 5 rings (SSSR count). The number of allylic oxidation sites excluding steroid dienone is 4. The number of carbonyl (C=O) groups excluding carboxylic acids is 2. The Bertz CT molecular complexity index is 1190. The van der Waals surface area contributed by atoms with Gasteiger partial charge in [0.25, 0.3) is 0 Å². The lowest BCUT2D eigenvalue weighted by Crippen LogP contribution is -2.63. The SMILES string of the molecule is CCC/C=C1\CC2C3(C)C=C(C#N)C(=O)C(C)(C)C3CCC2(C)C2CCC3(CC(=O)NCC)CCC(C)(C)CC3C12. The molecule has 0 spiro atoms. The van der Waals surface area contributed by atoms with E-state index in [1.165, 1.54) is 19.3 Å². The predicted octanol–water partition coefficient (Wildman–Crippen LogP) is 8.58. The first kappa shape index (κ1) is 30.6. The van der Waals surface area contributed by atoms with Crippen LogP contribution in [0.25, 0.3) is 0 Å². The van der Waals surface area contributed by atoms with Gasteiger partial charge in [-0.1, -0.05) is 72.6 Å². The summed E-state index contributed by atoms with van der Waals surface area (Å²) in [6.45, 7) is 19.1. The van der Waals surface area contributed by atoms with Crippen molar-refractivity contribution in [2.45, 2.75) is 126 Å². The van der Waals surface area contributed by atoms with E-state index in [0.29, 0.717) is 47.6 Å². The molecule has 1 amide bonds. The summed E-state index contributed by atoms with van der Waals surface area (Å²) in [5.41, 5.74) is 1.90. The molecule has 8 atom stereocenters. The number of nitrogens with zero attached hydrogens (tertiary/aromatic N) is 1. The Labute approximate surface area is 250 Å². The number of hydrogen-bond donors (Lipinski definition) is 1. The summed E-state index contributed by atoms with van der Waals surface area (Å²) in [6.07, 6.45) is 16.9. The maximum absolute atomic E-state index is 13.4. The van der Waals surface area contributed by atoms with Crippen molar-refractivity contribution >= 4 is 11.7 Å². The highest BCUT2D eigenvalue weighted by Crippen LogP contribution is 2.73. The van der Waals surface area contributed by atoms with Gasteiger partial charge >= 0.3 is 0 Å². The molecule has 226 valence electrons. The fourth-order valence-electron chi connectivity index (χ4n) is 11.6. The zero-order valence-corrected chi connectivity index (χ0v) is 27.3. The minimum absolute atomic E-state index is 0.0405. The fraction of sp³-hybridized carbons (Fsp3) is 0.811. The van der Waals surface area contributed by atoms with Gasteiger partial charge in [-0.3, -0.25) is 9.59 Å². The van der Waals surface area contributed by atoms with Crippen LogP contribution in [0.1, 0.15) is 126 Å². The Morgan fingerprint density at radius 1 is 1.02 bits per heavy atom. The molecule has 0 aromatic rings. The maximum atomic E-state index is 13.4. The summed E-state index contributed by atoms with van der Waals surface area (Å²) in [6, 6.07) is 2.32. The van der Waals surface area contributed by atoms with Crippen molar-refractivity contribution in [3.8, 4) is 6.07 Å². The maximum Gasteiger partial charge on any atom is 0.220 e. The minimum Gasteiger partial charge on any atom is -0.356 e. The van der Waals surface area contributed by atoms with Crippen LogP contribution in [-0.2, 0) is 9.59 Å². The Kier molecular flexibility index (Phi) is 7.74. The molecular weight excluding hydrogens is 504 g/mol. The lowest BCUT2D eigenvalue weighted by molar-refractivity contribution is -0.174. The first-order valence-electron chi connectivity index (χ1n) is 16.8. The Morgan fingerprint density at radius 2 is 1.76 bits per heavy atom. The molecule has 0 aromatic heterocycles. The van der Waals surface area contributed by atoms with Gasteiger partial charge in [0.15, 0.2) is 5.78 Å². The van der Waals surface area contributed by atoms with Crippen LogP contribution < -0.4 is 5.32 Å². The van der Waals surface area contributed by atoms with Crippen molar-refractivity contribution in [1.29, 1.82) is 5.26 Å². The second-order valence-electron chi connectivity index (χ2n) is 16.6. The highest BCUT2D eigenvalue weighted by molar-refractivity contribution is 6.04. The number of nitriles is 1. The molecule has 4 fully saturated rings. The number of fused-ring (bicyclic) bond motifs is 7. The van der Waals surface area contributed by atoms with E-state index < -0.39 is 5.41 Å². The van der Waals surface area contributed by atoms with Gasteiger partial charge in [0.05, 0.1) is 5.57 Å². The summed E-state index contributed by atoms with van der Waals surface area (Å²) in [5.74, 6) is 2.61. The summed E-state index contributed by atoms with van der Waals surface area (Å²) >= 11 is 0. The molecule has 0 heterocycles. The van der Waals surface area contributed by atoms with Crippen LogP contribution in [0.15, 0.2) is 23.3 Å². The number of unbranched alkanes of at least 4 members (excludes halogenated alkanes) is 1. The van der Waals surface area contributed by atoms with E-state index in [4.69, 9.17) is 0 Å². The number of Topliss-reactive ketones (excluding diaryl/α,β-unsaturated/α-hetero) is 1. The number of hydrogen-bond acceptors (Lipinski definition) is 3. The lowest BCUT2D eigenvalue weighted by atomic mass is 9.35. The highest BCUT2D eigenvalue weighted by atomic mass is 16.1. The second kappa shape index (κ2) is 10.4. The van der Waals surface area contributed by atoms with Gasteiger partial charge in [-0.05, 0) is 116 Å². The number of ketones is 1. The molecule has 0 bridgehead atoms. The van der Waals surface area contributed by atoms with E-state index in [2.05, 4.69) is 72.0 Å². The first-order valence-corrected chi connectivity index (χ1v) is 16.8. The average molecular weight is 561 g/mol. The van der Waals surface area contributed by atoms with Gasteiger partial charge in [0.2, 0.25) is 5.91 Å². The second-order valence-corrected chi connectivity index (χ2v) is 16.6. The van der Waals surface area contributed by atoms with Crippen molar-refractivity contribution in [2.24, 2.45) is 56.7 Å². The first-order chi connectivity index (χ1) is 19.2. The van der Waals surface area contributed by atoms with Crippen molar-refractivity contribution < 1.29 is 9.59 Å². The smallest absolute Gasteiger partial charge is 0.220 e. The zero-order valence-electron chi connectivity index (χ0n) is 27.3. The van der Waals surface area contributed by atoms with Crippen molar-refractivity contribution in [3.05, 3.63) is 23.3 Å². The average Bonchev–Trinajstić information content (AvgIpc) is 2.90. The molecule has 5 aliphatic carbocycles. The minimum atomic E-state index is -0.512. The zero-order chi connectivity index (χ0) is 30.0. The number of nitrogens with one attached hydrogen (secondary N) is 1. The largest absolute Gasteiger partial charge is 0.356 e. The fourth-order valence-corrected chi connectivity index (χ4v) is 11.6. The standard InChI is InChI=1S/C37H56N2O2/c1-9-11-12-24-19-29-35(7,15-14-28-34(5,6)32(41)25(23-38)20-36(28,29)8)26-13-16-37(22-30(40)39-10-2)18-17-33(3,4)21-27(37)31(24)26/h12,20,26-29,31H,9-11,13-19,21-22H2,1-8H3,(H,39,40)/b24-12+. The summed E-state index contributed by atoms with van der Waals surface area (Å²) in [7, 11) is 0. The molecule has 0 saturated heterocycles. The van der Waals surface area contributed by atoms with Crippen molar-refractivity contribution in [3.63, 3.8) is 0 Å². The van der Waals surface area contributed by atoms with Gasteiger partial charge in [-0.15, -0.1) is 0 Å². The van der Waals surface area contributed by atoms with Gasteiger partial charge in [-0.2, -0.15) is 5.26 Å². The summed E-state index contributed by atoms with van der Waals surface area (Å²) in [5, 5.41) is 13.2. The molecule has 0 radical (unpaired) electrons. The molecule has 4 heteroatoms. The van der Waals surface area contributed by atoms with E-state index in [-0.39, 0.29) is 33.9 Å². The normalized spacial score (nSPS) is 43.5. The highest BCUT2D eigenvalue weighted by Gasteiger charge is 2.67. The van der Waals surface area contributed by atoms with E-state index >= 15 is 0 Å². The molecule has 4 nitrogen and oxygen atoms in total. The van der Waals surface area contributed by atoms with Crippen LogP contribution in [-0.4, -0.2) is 18.2 Å². The van der Waals surface area contributed by atoms with E-state index in [1.807, 2.05) is 6.92 Å². The summed E-state index contributed by atoms with van der Waals surface area (Å²) < 4.78 is 0. The third-order valence-corrected chi connectivity index (χ3v) is 13.5. The van der Waals surface area contributed by atoms with Crippen LogP contribution in [0.3, 0.4) is 0 Å². The monoisotopic (exact) mass is 560 g/mol. The van der Waals surface area contributed by atoms with Crippen LogP contribution in [0.4, 0.5) is 0 Å². The van der Waals surface area contributed by atoms with Crippen LogP contribution in [0.2, 0.25) is 0 Å². The van der Waals surface area contributed by atoms with Gasteiger partial charge in [-0.25, -0.2) is 0 Å². The molecule has 41 heavy (non-hydrogen) atoms. The van der Waals surface area contributed by atoms with E-state index in [9.17, 15) is 14.9 Å². The lowest BCUT2D eigenvalue weighted by Gasteiger charge is -2.69. The molecule has 1 N–H and O–H groups in total. The van der Waals surface area contributed by atoms with Gasteiger partial charge < -0.3 is 5.32 Å². The van der Waals surface area contributed by atoms with E-state index in [0.717, 1.165) is 44.9 Å². The molecule has 4 saturated carbocycles. The molecule has 5 aliphatic rings. The van der Waals surface area contributed by atoms with Crippen LogP contribution in [0.5, 0.6) is 0 Å². The molecule has 8 unspecified atom stereocenters. The van der Waals surface area contributed by atoms with Crippen LogP contribution >= 0.6 is 0 Å². The van der Waals surface area contributed by atoms with Crippen molar-refractivity contribution in [2.75, 3.05) is 6.54 Å². The van der Waals surface area contributed by atoms with E-state index in [1.54, 1.807) is 5.57 Å². The van der Waals surface area contributed by atoms with Gasteiger partial charge in [0.1, 0.15) is 6.07 Å². The predicted molar refractivity (Wildman–Crippen MR) is 166 cm³/mol. The van der Waals surface area contributed by atoms with Crippen LogP contribution in [0, 0.1) is 68.0 Å². The molecule has 0 aliphatic heterocycles. The summed E-state index contributed by atoms with van der Waals surface area (Å²) in [4.78, 5) is 26.6. The number of rotatable bonds is 5.